The summed E-state index contributed by atoms with van der Waals surface area (Å²) in [5.74, 6) is -0.432. The van der Waals surface area contributed by atoms with Crippen LogP contribution in [0.3, 0.4) is 0 Å². The zero-order chi connectivity index (χ0) is 21.8. The molecular formula is C18H18Cl2N6O4. The molecule has 3 heterocycles. The summed E-state index contributed by atoms with van der Waals surface area (Å²) in [6.07, 6.45) is 1.90. The largest absolute Gasteiger partial charge is 0.475 e. The molecule has 3 aromatic rings. The first-order valence-electron chi connectivity index (χ1n) is 8.73. The zero-order valence-corrected chi connectivity index (χ0v) is 17.6. The number of hydrogen-bond acceptors (Lipinski definition) is 8. The first kappa shape index (κ1) is 21.8. The number of anilines is 2. The van der Waals surface area contributed by atoms with Gasteiger partial charge in [-0.3, -0.25) is 14.2 Å². The molecule has 0 fully saturated rings. The number of aromatic nitrogens is 4. The average molecular weight is 453 g/mol. The third-order valence-electron chi connectivity index (χ3n) is 4.09. The molecule has 0 aliphatic carbocycles. The van der Waals surface area contributed by atoms with Gasteiger partial charge >= 0.3 is 0 Å². The summed E-state index contributed by atoms with van der Waals surface area (Å²) in [6.45, 7) is 1.98. The maximum absolute atomic E-state index is 12.8. The van der Waals surface area contributed by atoms with Crippen LogP contribution in [0.2, 0.25) is 10.3 Å². The SMILES string of the molecule is COCCn1c(=O)c(OC(C)C(N)=O)cc2cc(Nc3nc(Cl)ncc3Cl)cnc21. The number of fused-ring (bicyclic) bond motifs is 1. The van der Waals surface area contributed by atoms with E-state index >= 15 is 0 Å². The van der Waals surface area contributed by atoms with Crippen LogP contribution in [-0.4, -0.2) is 45.2 Å². The van der Waals surface area contributed by atoms with Gasteiger partial charge in [0.1, 0.15) is 10.7 Å². The summed E-state index contributed by atoms with van der Waals surface area (Å²) < 4.78 is 12.0. The normalized spacial score (nSPS) is 12.0. The molecule has 1 amide bonds. The second-order valence-corrected chi connectivity index (χ2v) is 6.96. The van der Waals surface area contributed by atoms with Crippen LogP contribution in [0.1, 0.15) is 6.92 Å². The Morgan fingerprint density at radius 3 is 2.77 bits per heavy atom. The minimum atomic E-state index is -0.984. The zero-order valence-electron chi connectivity index (χ0n) is 16.1. The standard InChI is InChI=1S/C18H18Cl2N6O4/c1-9(14(21)27)30-13-6-10-5-11(24-15-12(19)8-23-18(20)25-15)7-22-16(10)26(17(13)28)3-4-29-2/h5-9H,3-4H2,1-2H3,(H2,21,27)(H,23,24,25). The summed E-state index contributed by atoms with van der Waals surface area (Å²) in [5, 5.41) is 3.87. The number of rotatable bonds is 8. The van der Waals surface area contributed by atoms with Gasteiger partial charge in [-0.05, 0) is 30.7 Å². The number of ether oxygens (including phenoxy) is 2. The van der Waals surface area contributed by atoms with E-state index in [1.165, 1.54) is 37.1 Å². The summed E-state index contributed by atoms with van der Waals surface area (Å²) in [7, 11) is 1.52. The van der Waals surface area contributed by atoms with E-state index < -0.39 is 17.6 Å². The first-order valence-corrected chi connectivity index (χ1v) is 9.49. The van der Waals surface area contributed by atoms with E-state index in [-0.39, 0.29) is 29.2 Å². The van der Waals surface area contributed by atoms with Crippen molar-refractivity contribution in [3.63, 3.8) is 0 Å². The van der Waals surface area contributed by atoms with Crippen molar-refractivity contribution in [3.05, 3.63) is 45.2 Å². The highest BCUT2D eigenvalue weighted by Crippen LogP contribution is 2.26. The Morgan fingerprint density at radius 2 is 2.07 bits per heavy atom. The lowest BCUT2D eigenvalue weighted by Crippen LogP contribution is -2.34. The van der Waals surface area contributed by atoms with Gasteiger partial charge in [-0.2, -0.15) is 4.98 Å². The highest BCUT2D eigenvalue weighted by molar-refractivity contribution is 6.33. The van der Waals surface area contributed by atoms with Gasteiger partial charge in [-0.15, -0.1) is 0 Å². The van der Waals surface area contributed by atoms with E-state index in [1.807, 2.05) is 0 Å². The predicted molar refractivity (Wildman–Crippen MR) is 112 cm³/mol. The molecule has 0 spiro atoms. The van der Waals surface area contributed by atoms with Gasteiger partial charge in [0.15, 0.2) is 17.7 Å². The fourth-order valence-corrected chi connectivity index (χ4v) is 2.87. The summed E-state index contributed by atoms with van der Waals surface area (Å²) in [4.78, 5) is 36.4. The average Bonchev–Trinajstić information content (AvgIpc) is 2.70. The number of hydrogen-bond donors (Lipinski definition) is 2. The number of nitrogens with one attached hydrogen (secondary N) is 1. The Labute approximate surface area is 180 Å². The number of nitrogens with zero attached hydrogens (tertiary/aromatic N) is 4. The molecule has 0 aliphatic rings. The van der Waals surface area contributed by atoms with Crippen LogP contribution in [0, 0.1) is 0 Å². The fraction of sp³-hybridized carbons (Fsp3) is 0.278. The van der Waals surface area contributed by atoms with Crippen molar-refractivity contribution >= 4 is 51.6 Å². The van der Waals surface area contributed by atoms with Crippen molar-refractivity contribution in [2.75, 3.05) is 19.0 Å². The lowest BCUT2D eigenvalue weighted by Gasteiger charge is -2.16. The third kappa shape index (κ3) is 4.78. The number of carbonyl (C=O) groups excluding carboxylic acids is 1. The molecule has 3 N–H and O–H groups in total. The molecule has 158 valence electrons. The number of carbonyl (C=O) groups is 1. The van der Waals surface area contributed by atoms with Crippen molar-refractivity contribution in [2.24, 2.45) is 5.73 Å². The summed E-state index contributed by atoms with van der Waals surface area (Å²) in [5.41, 5.74) is 5.74. The van der Waals surface area contributed by atoms with Crippen molar-refractivity contribution in [1.29, 1.82) is 0 Å². The summed E-state index contributed by atoms with van der Waals surface area (Å²) in [6, 6.07) is 3.21. The molecule has 12 heteroatoms. The minimum Gasteiger partial charge on any atom is -0.475 e. The van der Waals surface area contributed by atoms with Crippen LogP contribution in [0.5, 0.6) is 5.75 Å². The maximum atomic E-state index is 12.8. The molecule has 0 aromatic carbocycles. The molecule has 30 heavy (non-hydrogen) atoms. The van der Waals surface area contributed by atoms with Gasteiger partial charge in [0.25, 0.3) is 11.5 Å². The molecule has 0 radical (unpaired) electrons. The fourth-order valence-electron chi connectivity index (χ4n) is 2.60. The van der Waals surface area contributed by atoms with E-state index in [4.69, 9.17) is 38.4 Å². The molecular weight excluding hydrogens is 435 g/mol. The van der Waals surface area contributed by atoms with Gasteiger partial charge in [0.05, 0.1) is 31.2 Å². The van der Waals surface area contributed by atoms with E-state index in [0.717, 1.165) is 0 Å². The van der Waals surface area contributed by atoms with Gasteiger partial charge in [-0.25, -0.2) is 9.97 Å². The molecule has 0 saturated heterocycles. The van der Waals surface area contributed by atoms with Crippen molar-refractivity contribution < 1.29 is 14.3 Å². The Balaban J connectivity index is 2.07. The summed E-state index contributed by atoms with van der Waals surface area (Å²) >= 11 is 11.9. The van der Waals surface area contributed by atoms with Crippen molar-refractivity contribution in [2.45, 2.75) is 19.6 Å². The van der Waals surface area contributed by atoms with Crippen LogP contribution in [0.25, 0.3) is 11.0 Å². The molecule has 0 aliphatic heterocycles. The van der Waals surface area contributed by atoms with Crippen LogP contribution in [-0.2, 0) is 16.1 Å². The van der Waals surface area contributed by atoms with Crippen LogP contribution in [0.4, 0.5) is 11.5 Å². The van der Waals surface area contributed by atoms with Gasteiger partial charge in [-0.1, -0.05) is 11.6 Å². The predicted octanol–water partition coefficient (Wildman–Crippen LogP) is 2.14. The third-order valence-corrected chi connectivity index (χ3v) is 4.55. The van der Waals surface area contributed by atoms with Crippen molar-refractivity contribution in [1.82, 2.24) is 19.5 Å². The molecule has 3 rings (SSSR count). The van der Waals surface area contributed by atoms with E-state index in [0.29, 0.717) is 22.5 Å². The Bertz CT molecular complexity index is 1150. The number of methoxy groups -OCH3 is 1. The van der Waals surface area contributed by atoms with Crippen molar-refractivity contribution in [3.8, 4) is 5.75 Å². The molecule has 0 saturated carbocycles. The molecule has 0 bridgehead atoms. The monoisotopic (exact) mass is 452 g/mol. The molecule has 10 nitrogen and oxygen atoms in total. The number of amides is 1. The van der Waals surface area contributed by atoms with Gasteiger partial charge in [0, 0.05) is 12.5 Å². The quantitative estimate of drug-likeness (QED) is 0.496. The van der Waals surface area contributed by atoms with E-state index in [1.54, 1.807) is 6.07 Å². The maximum Gasteiger partial charge on any atom is 0.294 e. The van der Waals surface area contributed by atoms with E-state index in [9.17, 15) is 9.59 Å². The topological polar surface area (TPSA) is 134 Å². The second-order valence-electron chi connectivity index (χ2n) is 6.22. The van der Waals surface area contributed by atoms with Crippen LogP contribution < -0.4 is 21.3 Å². The number of nitrogens with two attached hydrogens (primary N) is 1. The van der Waals surface area contributed by atoms with E-state index in [2.05, 4.69) is 20.3 Å². The molecule has 1 atom stereocenters. The Morgan fingerprint density at radius 1 is 1.30 bits per heavy atom. The Kier molecular flexibility index (Phi) is 6.70. The minimum absolute atomic E-state index is 0.0279. The lowest BCUT2D eigenvalue weighted by molar-refractivity contribution is -0.124. The second kappa shape index (κ2) is 9.24. The highest BCUT2D eigenvalue weighted by atomic mass is 35.5. The first-order chi connectivity index (χ1) is 14.3. The van der Waals surface area contributed by atoms with Gasteiger partial charge < -0.3 is 20.5 Å². The highest BCUT2D eigenvalue weighted by Gasteiger charge is 2.17. The smallest absolute Gasteiger partial charge is 0.294 e. The molecule has 3 aromatic heterocycles. The lowest BCUT2D eigenvalue weighted by atomic mass is 10.2. The number of halogens is 2. The number of primary amides is 1. The molecule has 1 unspecified atom stereocenters. The van der Waals surface area contributed by atoms with Gasteiger partial charge in [0.2, 0.25) is 5.28 Å². The van der Waals surface area contributed by atoms with Crippen LogP contribution >= 0.6 is 23.2 Å². The Hall–Kier alpha value is -2.95. The van der Waals surface area contributed by atoms with Crippen LogP contribution in [0.15, 0.2) is 29.3 Å². The number of pyridine rings is 2.